The summed E-state index contributed by atoms with van der Waals surface area (Å²) in [7, 11) is 0. The number of carbonyl (C=O) groups is 1. The number of Topliss-reactive ketones (excluding diaryl/α,β-unsaturated/α-hetero) is 1. The molecule has 0 aliphatic rings. The maximum absolute atomic E-state index is 11.3. The summed E-state index contributed by atoms with van der Waals surface area (Å²) in [6, 6.07) is 3.54. The monoisotopic (exact) mass is 176 g/mol. The molecule has 0 aromatic carbocycles. The van der Waals surface area contributed by atoms with Crippen LogP contribution in [0.5, 0.6) is 0 Å². The number of rotatable bonds is 3. The molecule has 5 heteroatoms. The first kappa shape index (κ1) is 9.22. The van der Waals surface area contributed by atoms with Gasteiger partial charge in [0.05, 0.1) is 6.54 Å². The van der Waals surface area contributed by atoms with Crippen molar-refractivity contribution in [2.75, 3.05) is 6.54 Å². The van der Waals surface area contributed by atoms with Crippen LogP contribution in [0.25, 0.3) is 10.4 Å². The summed E-state index contributed by atoms with van der Waals surface area (Å²) in [5.74, 6) is -0.254. The Balaban J connectivity index is 2.88. The Morgan fingerprint density at radius 1 is 1.77 bits per heavy atom. The number of nitrogens with zero attached hydrogens (tertiary/aromatic N) is 4. The van der Waals surface area contributed by atoms with Gasteiger partial charge in [0.2, 0.25) is 0 Å². The summed E-state index contributed by atoms with van der Waals surface area (Å²) >= 11 is 0. The molecular weight excluding hydrogens is 168 g/mol. The van der Waals surface area contributed by atoms with Gasteiger partial charge in [0.25, 0.3) is 0 Å². The van der Waals surface area contributed by atoms with Gasteiger partial charge in [-0.15, -0.1) is 0 Å². The fourth-order valence-corrected chi connectivity index (χ4v) is 0.948. The van der Waals surface area contributed by atoms with E-state index in [0.717, 1.165) is 5.56 Å². The van der Waals surface area contributed by atoms with Crippen LogP contribution in [-0.4, -0.2) is 17.3 Å². The predicted octanol–water partition coefficient (Wildman–Crippen LogP) is 1.88. The highest BCUT2D eigenvalue weighted by Crippen LogP contribution is 2.03. The van der Waals surface area contributed by atoms with E-state index in [2.05, 4.69) is 15.0 Å². The average Bonchev–Trinajstić information content (AvgIpc) is 2.15. The molecule has 1 aromatic rings. The van der Waals surface area contributed by atoms with Gasteiger partial charge in [-0.2, -0.15) is 0 Å². The second-order valence-electron chi connectivity index (χ2n) is 2.48. The van der Waals surface area contributed by atoms with Crippen LogP contribution in [0.2, 0.25) is 0 Å². The topological polar surface area (TPSA) is 78.7 Å². The van der Waals surface area contributed by atoms with Crippen molar-refractivity contribution in [3.63, 3.8) is 0 Å². The molecule has 0 fully saturated rings. The third-order valence-electron chi connectivity index (χ3n) is 1.55. The van der Waals surface area contributed by atoms with Gasteiger partial charge in [-0.25, -0.2) is 0 Å². The van der Waals surface area contributed by atoms with Crippen LogP contribution < -0.4 is 0 Å². The summed E-state index contributed by atoms with van der Waals surface area (Å²) in [6.45, 7) is 1.62. The molecule has 0 radical (unpaired) electrons. The fourth-order valence-electron chi connectivity index (χ4n) is 0.948. The molecule has 1 rings (SSSR count). The molecule has 0 bridgehead atoms. The van der Waals surface area contributed by atoms with Gasteiger partial charge >= 0.3 is 0 Å². The molecule has 13 heavy (non-hydrogen) atoms. The normalized spacial score (nSPS) is 9.00. The molecule has 1 heterocycles. The van der Waals surface area contributed by atoms with Crippen molar-refractivity contribution in [2.24, 2.45) is 5.11 Å². The van der Waals surface area contributed by atoms with Gasteiger partial charge in [0.1, 0.15) is 5.69 Å². The smallest absolute Gasteiger partial charge is 0.187 e. The first-order chi connectivity index (χ1) is 6.25. The van der Waals surface area contributed by atoms with Gasteiger partial charge in [-0.05, 0) is 24.1 Å². The van der Waals surface area contributed by atoms with Gasteiger partial charge < -0.3 is 0 Å². The van der Waals surface area contributed by atoms with Crippen LogP contribution >= 0.6 is 0 Å². The highest BCUT2D eigenvalue weighted by molar-refractivity contribution is 5.97. The fraction of sp³-hybridized carbons (Fsp3) is 0.250. The van der Waals surface area contributed by atoms with Crippen molar-refractivity contribution in [3.05, 3.63) is 40.0 Å². The zero-order valence-electron chi connectivity index (χ0n) is 7.14. The van der Waals surface area contributed by atoms with Crippen LogP contribution in [0.4, 0.5) is 0 Å². The van der Waals surface area contributed by atoms with E-state index >= 15 is 0 Å². The molecule has 0 saturated heterocycles. The number of hydrogen-bond acceptors (Lipinski definition) is 3. The lowest BCUT2D eigenvalue weighted by molar-refractivity contribution is 0.0996. The summed E-state index contributed by atoms with van der Waals surface area (Å²) in [5, 5.41) is 3.18. The molecule has 0 unspecified atom stereocenters. The van der Waals surface area contributed by atoms with E-state index in [-0.39, 0.29) is 12.3 Å². The SMILES string of the molecule is Cc1cccnc1C(=O)CN=[N+]=[N-]. The minimum Gasteiger partial charge on any atom is -0.292 e. The Bertz CT molecular complexity index is 368. The van der Waals surface area contributed by atoms with Crippen LogP contribution in [0, 0.1) is 6.92 Å². The number of carbonyl (C=O) groups excluding carboxylic acids is 1. The van der Waals surface area contributed by atoms with E-state index in [9.17, 15) is 4.79 Å². The van der Waals surface area contributed by atoms with Crippen LogP contribution in [0.1, 0.15) is 16.1 Å². The van der Waals surface area contributed by atoms with Crippen molar-refractivity contribution in [2.45, 2.75) is 6.92 Å². The number of hydrogen-bond donors (Lipinski definition) is 0. The Labute approximate surface area is 75.0 Å². The lowest BCUT2D eigenvalue weighted by Crippen LogP contribution is -2.07. The largest absolute Gasteiger partial charge is 0.292 e. The molecule has 5 nitrogen and oxygen atoms in total. The van der Waals surface area contributed by atoms with Crippen LogP contribution in [-0.2, 0) is 0 Å². The number of pyridine rings is 1. The van der Waals surface area contributed by atoms with Crippen molar-refractivity contribution < 1.29 is 4.79 Å². The molecular formula is C8H8N4O. The zero-order valence-corrected chi connectivity index (χ0v) is 7.14. The van der Waals surface area contributed by atoms with Gasteiger partial charge in [0.15, 0.2) is 5.78 Å². The minimum absolute atomic E-state index is 0.172. The van der Waals surface area contributed by atoms with Gasteiger partial charge in [0, 0.05) is 11.1 Å². The first-order valence-electron chi connectivity index (χ1n) is 3.71. The predicted molar refractivity (Wildman–Crippen MR) is 47.3 cm³/mol. The number of aryl methyl sites for hydroxylation is 1. The Kier molecular flexibility index (Phi) is 3.00. The van der Waals surface area contributed by atoms with Gasteiger partial charge in [-0.1, -0.05) is 11.2 Å². The van der Waals surface area contributed by atoms with Crippen molar-refractivity contribution >= 4 is 5.78 Å². The lowest BCUT2D eigenvalue weighted by atomic mass is 10.1. The molecule has 0 N–H and O–H groups in total. The van der Waals surface area contributed by atoms with E-state index in [1.165, 1.54) is 6.20 Å². The molecule has 0 aliphatic heterocycles. The summed E-state index contributed by atoms with van der Waals surface area (Å²) in [5.41, 5.74) is 9.18. The Hall–Kier alpha value is -1.87. The van der Waals surface area contributed by atoms with E-state index in [1.54, 1.807) is 19.1 Å². The maximum Gasteiger partial charge on any atom is 0.187 e. The lowest BCUT2D eigenvalue weighted by Gasteiger charge is -1.99. The Morgan fingerprint density at radius 3 is 3.15 bits per heavy atom. The van der Waals surface area contributed by atoms with E-state index in [1.807, 2.05) is 0 Å². The van der Waals surface area contributed by atoms with Crippen LogP contribution in [0.15, 0.2) is 23.4 Å². The molecule has 0 spiro atoms. The third-order valence-corrected chi connectivity index (χ3v) is 1.55. The highest BCUT2D eigenvalue weighted by Gasteiger charge is 2.07. The van der Waals surface area contributed by atoms with E-state index in [0.29, 0.717) is 5.69 Å². The maximum atomic E-state index is 11.3. The van der Waals surface area contributed by atoms with Gasteiger partial charge in [-0.3, -0.25) is 9.78 Å². The highest BCUT2D eigenvalue weighted by atomic mass is 16.1. The van der Waals surface area contributed by atoms with Crippen molar-refractivity contribution in [3.8, 4) is 0 Å². The minimum atomic E-state index is -0.254. The quantitative estimate of drug-likeness (QED) is 0.305. The number of ketones is 1. The molecule has 0 aliphatic carbocycles. The average molecular weight is 176 g/mol. The second-order valence-corrected chi connectivity index (χ2v) is 2.48. The first-order valence-corrected chi connectivity index (χ1v) is 3.71. The van der Waals surface area contributed by atoms with E-state index < -0.39 is 0 Å². The molecule has 1 aromatic heterocycles. The molecule has 0 saturated carbocycles. The molecule has 0 atom stereocenters. The van der Waals surface area contributed by atoms with Crippen LogP contribution in [0.3, 0.4) is 0 Å². The van der Waals surface area contributed by atoms with Crippen molar-refractivity contribution in [1.29, 1.82) is 0 Å². The standard InChI is InChI=1S/C8H8N4O/c1-6-3-2-4-10-8(6)7(13)5-11-12-9/h2-4H,5H2,1H3. The number of azide groups is 1. The number of aromatic nitrogens is 1. The molecule has 66 valence electrons. The van der Waals surface area contributed by atoms with Crippen molar-refractivity contribution in [1.82, 2.24) is 4.98 Å². The summed E-state index contributed by atoms with van der Waals surface area (Å²) < 4.78 is 0. The zero-order chi connectivity index (χ0) is 9.68. The Morgan fingerprint density at radius 2 is 2.54 bits per heavy atom. The summed E-state index contributed by atoms with van der Waals surface area (Å²) in [6.07, 6.45) is 1.54. The third kappa shape index (κ3) is 2.28. The molecule has 0 amide bonds. The second kappa shape index (κ2) is 4.23. The van der Waals surface area contributed by atoms with E-state index in [4.69, 9.17) is 5.53 Å². The summed E-state index contributed by atoms with van der Waals surface area (Å²) in [4.78, 5) is 17.7.